The van der Waals surface area contributed by atoms with E-state index in [2.05, 4.69) is 10.3 Å². The summed E-state index contributed by atoms with van der Waals surface area (Å²) in [6, 6.07) is 17.3. The summed E-state index contributed by atoms with van der Waals surface area (Å²) in [6.07, 6.45) is 4.72. The minimum absolute atomic E-state index is 0.0206. The number of methoxy groups -OCH3 is 1. The summed E-state index contributed by atoms with van der Waals surface area (Å²) in [5.74, 6) is 1.47. The van der Waals surface area contributed by atoms with Crippen LogP contribution in [0.15, 0.2) is 67.0 Å². The van der Waals surface area contributed by atoms with Crippen molar-refractivity contribution in [3.63, 3.8) is 0 Å². The average Bonchev–Trinajstić information content (AvgIpc) is 3.11. The first kappa shape index (κ1) is 17.7. The number of nitrogens with one attached hydrogen (secondary N) is 1. The van der Waals surface area contributed by atoms with Gasteiger partial charge in [0, 0.05) is 31.4 Å². The molecule has 5 nitrogen and oxygen atoms in total. The van der Waals surface area contributed by atoms with Gasteiger partial charge in [0.05, 0.1) is 7.11 Å². The Bertz CT molecular complexity index is 858. The molecule has 5 heteroatoms. The summed E-state index contributed by atoms with van der Waals surface area (Å²) < 4.78 is 7.40. The number of aromatic nitrogens is 2. The van der Waals surface area contributed by atoms with E-state index < -0.39 is 0 Å². The first-order valence-electron chi connectivity index (χ1n) is 8.62. The molecule has 1 heterocycles. The number of benzene rings is 2. The Morgan fingerprint density at radius 2 is 1.88 bits per heavy atom. The van der Waals surface area contributed by atoms with Crippen LogP contribution in [-0.2, 0) is 18.3 Å². The lowest BCUT2D eigenvalue weighted by Gasteiger charge is -2.21. The molecule has 0 aliphatic rings. The Hall–Kier alpha value is -3.08. The van der Waals surface area contributed by atoms with Gasteiger partial charge in [0.2, 0.25) is 5.91 Å². The van der Waals surface area contributed by atoms with E-state index in [-0.39, 0.29) is 11.9 Å². The van der Waals surface area contributed by atoms with Crippen molar-refractivity contribution in [3.8, 4) is 5.75 Å². The van der Waals surface area contributed by atoms with E-state index in [1.807, 2.05) is 72.4 Å². The molecule has 0 radical (unpaired) electrons. The second-order valence-corrected chi connectivity index (χ2v) is 6.12. The maximum absolute atomic E-state index is 12.6. The quantitative estimate of drug-likeness (QED) is 0.712. The second-order valence-electron chi connectivity index (χ2n) is 6.12. The number of carbonyl (C=O) groups is 1. The molecule has 0 spiro atoms. The third-order valence-corrected chi connectivity index (χ3v) is 4.36. The van der Waals surface area contributed by atoms with Crippen molar-refractivity contribution >= 4 is 5.91 Å². The minimum Gasteiger partial charge on any atom is -0.496 e. The van der Waals surface area contributed by atoms with Crippen LogP contribution < -0.4 is 10.1 Å². The van der Waals surface area contributed by atoms with Crippen LogP contribution in [0.1, 0.15) is 29.4 Å². The molecule has 1 amide bonds. The van der Waals surface area contributed by atoms with Crippen molar-refractivity contribution in [1.29, 1.82) is 0 Å². The molecule has 0 saturated heterocycles. The van der Waals surface area contributed by atoms with Crippen molar-refractivity contribution < 1.29 is 9.53 Å². The lowest BCUT2D eigenvalue weighted by molar-refractivity contribution is -0.121. The Morgan fingerprint density at radius 3 is 2.58 bits per heavy atom. The van der Waals surface area contributed by atoms with Crippen LogP contribution >= 0.6 is 0 Å². The fourth-order valence-electron chi connectivity index (χ4n) is 2.98. The van der Waals surface area contributed by atoms with Crippen LogP contribution in [0, 0.1) is 0 Å². The lowest BCUT2D eigenvalue weighted by Crippen LogP contribution is -2.31. The molecule has 1 atom stereocenters. The highest BCUT2D eigenvalue weighted by Crippen LogP contribution is 2.29. The largest absolute Gasteiger partial charge is 0.496 e. The number of hydrogen-bond donors (Lipinski definition) is 1. The van der Waals surface area contributed by atoms with Crippen LogP contribution in [-0.4, -0.2) is 22.6 Å². The fraction of sp³-hybridized carbons (Fsp3) is 0.238. The van der Waals surface area contributed by atoms with Crippen LogP contribution in [0.25, 0.3) is 0 Å². The molecule has 3 aromatic rings. The van der Waals surface area contributed by atoms with Crippen LogP contribution in [0.2, 0.25) is 0 Å². The zero-order valence-corrected chi connectivity index (χ0v) is 15.1. The number of carbonyl (C=O) groups excluding carboxylic acids is 1. The molecule has 0 aliphatic carbocycles. The van der Waals surface area contributed by atoms with Gasteiger partial charge < -0.3 is 14.6 Å². The van der Waals surface area contributed by atoms with E-state index >= 15 is 0 Å². The first-order valence-corrected chi connectivity index (χ1v) is 8.62. The number of para-hydroxylation sites is 1. The highest BCUT2D eigenvalue weighted by molar-refractivity contribution is 5.77. The molecule has 1 N–H and O–H groups in total. The fourth-order valence-corrected chi connectivity index (χ4v) is 2.98. The van der Waals surface area contributed by atoms with E-state index in [4.69, 9.17) is 4.74 Å². The summed E-state index contributed by atoms with van der Waals surface area (Å²) in [4.78, 5) is 17.0. The Kier molecular flexibility index (Phi) is 5.69. The molecule has 26 heavy (non-hydrogen) atoms. The number of ether oxygens (including phenoxy) is 1. The summed E-state index contributed by atoms with van der Waals surface area (Å²) in [5, 5.41) is 3.12. The van der Waals surface area contributed by atoms with Gasteiger partial charge in [-0.3, -0.25) is 4.79 Å². The number of aryl methyl sites for hydroxylation is 2. The van der Waals surface area contributed by atoms with Gasteiger partial charge in [-0.2, -0.15) is 0 Å². The minimum atomic E-state index is -0.366. The zero-order chi connectivity index (χ0) is 18.4. The van der Waals surface area contributed by atoms with Crippen molar-refractivity contribution in [2.24, 2.45) is 7.05 Å². The summed E-state index contributed by atoms with van der Waals surface area (Å²) in [7, 11) is 3.55. The SMILES string of the molecule is COc1ccccc1C(NC(=O)CCc1ccccc1)c1nccn1C. The Labute approximate surface area is 153 Å². The van der Waals surface area contributed by atoms with Crippen LogP contribution in [0.4, 0.5) is 0 Å². The number of nitrogens with zero attached hydrogens (tertiary/aromatic N) is 2. The second kappa shape index (κ2) is 8.34. The van der Waals surface area contributed by atoms with E-state index in [1.54, 1.807) is 13.3 Å². The van der Waals surface area contributed by atoms with Gasteiger partial charge in [0.1, 0.15) is 17.6 Å². The molecule has 1 unspecified atom stereocenters. The van der Waals surface area contributed by atoms with Gasteiger partial charge >= 0.3 is 0 Å². The topological polar surface area (TPSA) is 56.1 Å². The summed E-state index contributed by atoms with van der Waals surface area (Å²) in [6.45, 7) is 0. The van der Waals surface area contributed by atoms with Crippen molar-refractivity contribution in [2.45, 2.75) is 18.9 Å². The number of imidazole rings is 1. The Balaban J connectivity index is 1.80. The third-order valence-electron chi connectivity index (χ3n) is 4.36. The lowest BCUT2D eigenvalue weighted by atomic mass is 10.0. The normalized spacial score (nSPS) is 11.8. The molecule has 1 aromatic heterocycles. The average molecular weight is 349 g/mol. The first-order chi connectivity index (χ1) is 12.7. The van der Waals surface area contributed by atoms with Crippen molar-refractivity contribution in [2.75, 3.05) is 7.11 Å². The maximum Gasteiger partial charge on any atom is 0.221 e. The summed E-state index contributed by atoms with van der Waals surface area (Å²) in [5.41, 5.74) is 2.03. The van der Waals surface area contributed by atoms with Gasteiger partial charge in [0.15, 0.2) is 0 Å². The molecule has 134 valence electrons. The van der Waals surface area contributed by atoms with Crippen molar-refractivity contribution in [1.82, 2.24) is 14.9 Å². The highest BCUT2D eigenvalue weighted by Gasteiger charge is 2.23. The van der Waals surface area contributed by atoms with E-state index in [0.717, 1.165) is 22.7 Å². The molecular weight excluding hydrogens is 326 g/mol. The smallest absolute Gasteiger partial charge is 0.221 e. The zero-order valence-electron chi connectivity index (χ0n) is 15.1. The van der Waals surface area contributed by atoms with Crippen molar-refractivity contribution in [3.05, 3.63) is 83.9 Å². The van der Waals surface area contributed by atoms with Gasteiger partial charge in [-0.05, 0) is 18.1 Å². The molecule has 0 bridgehead atoms. The van der Waals surface area contributed by atoms with Gasteiger partial charge in [0.25, 0.3) is 0 Å². The maximum atomic E-state index is 12.6. The van der Waals surface area contributed by atoms with Gasteiger partial charge in [-0.25, -0.2) is 4.98 Å². The van der Waals surface area contributed by atoms with E-state index in [1.165, 1.54) is 0 Å². The number of rotatable bonds is 7. The molecule has 0 fully saturated rings. The molecule has 3 rings (SSSR count). The van der Waals surface area contributed by atoms with E-state index in [9.17, 15) is 4.79 Å². The Morgan fingerprint density at radius 1 is 1.15 bits per heavy atom. The summed E-state index contributed by atoms with van der Waals surface area (Å²) >= 11 is 0. The standard InChI is InChI=1S/C21H23N3O2/c1-24-15-14-22-21(24)20(17-10-6-7-11-18(17)26-2)23-19(25)13-12-16-8-4-3-5-9-16/h3-11,14-15,20H,12-13H2,1-2H3,(H,23,25). The predicted octanol–water partition coefficient (Wildman–Crippen LogP) is 3.27. The van der Waals surface area contributed by atoms with Crippen LogP contribution in [0.5, 0.6) is 5.75 Å². The monoisotopic (exact) mass is 349 g/mol. The predicted molar refractivity (Wildman–Crippen MR) is 101 cm³/mol. The molecular formula is C21H23N3O2. The number of amides is 1. The van der Waals surface area contributed by atoms with Gasteiger partial charge in [-0.15, -0.1) is 0 Å². The molecule has 0 saturated carbocycles. The molecule has 2 aromatic carbocycles. The molecule has 0 aliphatic heterocycles. The van der Waals surface area contributed by atoms with Crippen LogP contribution in [0.3, 0.4) is 0 Å². The number of hydrogen-bond acceptors (Lipinski definition) is 3. The van der Waals surface area contributed by atoms with Gasteiger partial charge in [-0.1, -0.05) is 48.5 Å². The van der Waals surface area contributed by atoms with E-state index in [0.29, 0.717) is 12.8 Å². The highest BCUT2D eigenvalue weighted by atomic mass is 16.5. The third kappa shape index (κ3) is 4.11.